The standard InChI is InChI=1S/C30H44O4/c1-19(9-8-13-26(2,3)34)20-12-14-29(7)25-23(32)17-22-21(10-11-24(33)27(22,4)5)30(25,18-31)16-15-28(20,29)6/h8,13,17-21,25,34H,9-12,14-16H2,1-7H3/b13-8+/t19-,20-,21?,25?,28-,29+,30-/m1/s1. The highest BCUT2D eigenvalue weighted by Crippen LogP contribution is 2.73. The molecule has 0 aromatic carbocycles. The first-order chi connectivity index (χ1) is 15.6. The number of aliphatic hydroxyl groups is 1. The van der Waals surface area contributed by atoms with Crippen molar-refractivity contribution in [1.82, 2.24) is 0 Å². The molecule has 2 unspecified atom stereocenters. The van der Waals surface area contributed by atoms with E-state index in [1.165, 1.54) is 0 Å². The predicted molar refractivity (Wildman–Crippen MR) is 134 cm³/mol. The molecule has 4 nitrogen and oxygen atoms in total. The maximum absolute atomic E-state index is 13.9. The first-order valence-electron chi connectivity index (χ1n) is 13.3. The zero-order valence-electron chi connectivity index (χ0n) is 22.2. The van der Waals surface area contributed by atoms with Crippen LogP contribution in [0.2, 0.25) is 0 Å². The quantitative estimate of drug-likeness (QED) is 0.404. The summed E-state index contributed by atoms with van der Waals surface area (Å²) in [6.07, 6.45) is 12.7. The average Bonchev–Trinajstić information content (AvgIpc) is 3.01. The van der Waals surface area contributed by atoms with E-state index in [-0.39, 0.29) is 34.2 Å². The zero-order chi connectivity index (χ0) is 25.3. The number of ketones is 2. The molecule has 0 aromatic rings. The Labute approximate surface area is 205 Å². The van der Waals surface area contributed by atoms with E-state index in [0.717, 1.165) is 44.0 Å². The number of allylic oxidation sites excluding steroid dienone is 3. The molecule has 4 rings (SSSR count). The van der Waals surface area contributed by atoms with Crippen LogP contribution < -0.4 is 0 Å². The highest BCUT2D eigenvalue weighted by atomic mass is 16.3. The fourth-order valence-electron chi connectivity index (χ4n) is 8.87. The van der Waals surface area contributed by atoms with Gasteiger partial charge in [0.15, 0.2) is 5.78 Å². The van der Waals surface area contributed by atoms with Gasteiger partial charge in [0.25, 0.3) is 0 Å². The molecule has 0 saturated heterocycles. The lowest BCUT2D eigenvalue weighted by atomic mass is 9.38. The summed E-state index contributed by atoms with van der Waals surface area (Å²) in [4.78, 5) is 39.6. The van der Waals surface area contributed by atoms with Crippen molar-refractivity contribution in [3.05, 3.63) is 23.8 Å². The molecule has 0 aromatic heterocycles. The Morgan fingerprint density at radius 3 is 2.38 bits per heavy atom. The molecule has 1 N–H and O–H groups in total. The van der Waals surface area contributed by atoms with Gasteiger partial charge in [0.05, 0.1) is 5.60 Å². The Bertz CT molecular complexity index is 949. The SMILES string of the molecule is C[C@H](C/C=C/C(C)(C)O)[C@H]1CC[C@@]2(C)C3C(=O)C=C4C(CCC(=O)C4(C)C)[C@]3(C=O)CC[C@]12C. The zero-order valence-corrected chi connectivity index (χ0v) is 22.2. The molecule has 34 heavy (non-hydrogen) atoms. The van der Waals surface area contributed by atoms with Crippen molar-refractivity contribution in [3.8, 4) is 0 Å². The summed E-state index contributed by atoms with van der Waals surface area (Å²) in [5, 5.41) is 10.1. The van der Waals surface area contributed by atoms with Crippen molar-refractivity contribution >= 4 is 17.9 Å². The number of fused-ring (bicyclic) bond motifs is 5. The lowest BCUT2D eigenvalue weighted by Gasteiger charge is -2.63. The number of carbonyl (C=O) groups is 3. The molecule has 3 saturated carbocycles. The molecule has 4 heteroatoms. The molecule has 4 aliphatic carbocycles. The van der Waals surface area contributed by atoms with Crippen LogP contribution >= 0.6 is 0 Å². The van der Waals surface area contributed by atoms with Crippen LogP contribution in [0.25, 0.3) is 0 Å². The molecule has 0 amide bonds. The lowest BCUT2D eigenvalue weighted by Crippen LogP contribution is -2.63. The summed E-state index contributed by atoms with van der Waals surface area (Å²) in [6, 6.07) is 0. The molecular formula is C30H44O4. The van der Waals surface area contributed by atoms with Crippen molar-refractivity contribution in [2.45, 2.75) is 99.0 Å². The number of hydrogen-bond acceptors (Lipinski definition) is 4. The topological polar surface area (TPSA) is 71.4 Å². The van der Waals surface area contributed by atoms with Gasteiger partial charge in [-0.3, -0.25) is 9.59 Å². The van der Waals surface area contributed by atoms with E-state index in [1.807, 2.05) is 19.9 Å². The summed E-state index contributed by atoms with van der Waals surface area (Å²) in [5.74, 6) is 0.847. The minimum absolute atomic E-state index is 0.00651. The Morgan fingerprint density at radius 2 is 1.76 bits per heavy atom. The molecule has 3 fully saturated rings. The van der Waals surface area contributed by atoms with Crippen molar-refractivity contribution in [2.24, 2.45) is 45.3 Å². The van der Waals surface area contributed by atoms with Gasteiger partial charge in [-0.15, -0.1) is 0 Å². The van der Waals surface area contributed by atoms with Crippen molar-refractivity contribution in [1.29, 1.82) is 0 Å². The Hall–Kier alpha value is -1.55. The van der Waals surface area contributed by atoms with Gasteiger partial charge in [-0.05, 0) is 106 Å². The molecule has 188 valence electrons. The number of carbonyl (C=O) groups excluding carboxylic acids is 3. The van der Waals surface area contributed by atoms with Crippen molar-refractivity contribution in [2.75, 3.05) is 0 Å². The van der Waals surface area contributed by atoms with Gasteiger partial charge >= 0.3 is 0 Å². The summed E-state index contributed by atoms with van der Waals surface area (Å²) < 4.78 is 0. The predicted octanol–water partition coefficient (Wildman–Crippen LogP) is 5.87. The average molecular weight is 469 g/mol. The third-order valence-electron chi connectivity index (χ3n) is 11.0. The van der Waals surface area contributed by atoms with E-state index >= 15 is 0 Å². The van der Waals surface area contributed by atoms with Crippen LogP contribution in [-0.4, -0.2) is 28.6 Å². The largest absolute Gasteiger partial charge is 0.386 e. The van der Waals surface area contributed by atoms with Gasteiger partial charge in [-0.1, -0.05) is 32.9 Å². The number of aldehydes is 1. The molecule has 0 heterocycles. The molecule has 0 aliphatic heterocycles. The summed E-state index contributed by atoms with van der Waals surface area (Å²) in [6.45, 7) is 14.4. The van der Waals surface area contributed by atoms with Gasteiger partial charge < -0.3 is 9.90 Å². The fourth-order valence-corrected chi connectivity index (χ4v) is 8.87. The van der Waals surface area contributed by atoms with Crippen molar-refractivity contribution in [3.63, 3.8) is 0 Å². The van der Waals surface area contributed by atoms with Crippen molar-refractivity contribution < 1.29 is 19.5 Å². The summed E-state index contributed by atoms with van der Waals surface area (Å²) in [5.41, 5.74) is -1.52. The van der Waals surface area contributed by atoms with E-state index < -0.39 is 16.4 Å². The van der Waals surface area contributed by atoms with Crippen LogP contribution in [0.15, 0.2) is 23.8 Å². The van der Waals surface area contributed by atoms with Gasteiger partial charge in [0, 0.05) is 23.2 Å². The monoisotopic (exact) mass is 468 g/mol. The normalized spacial score (nSPS) is 42.6. The molecule has 0 spiro atoms. The first-order valence-corrected chi connectivity index (χ1v) is 13.3. The molecule has 4 aliphatic rings. The van der Waals surface area contributed by atoms with E-state index in [1.54, 1.807) is 19.9 Å². The minimum Gasteiger partial charge on any atom is -0.386 e. The highest BCUT2D eigenvalue weighted by Gasteiger charge is 2.71. The van der Waals surface area contributed by atoms with Crippen LogP contribution in [0.4, 0.5) is 0 Å². The molecule has 7 atom stereocenters. The Kier molecular flexibility index (Phi) is 5.99. The molecule has 0 radical (unpaired) electrons. The molecular weight excluding hydrogens is 424 g/mol. The number of hydrogen-bond donors (Lipinski definition) is 1. The van der Waals surface area contributed by atoms with E-state index in [9.17, 15) is 19.5 Å². The summed E-state index contributed by atoms with van der Waals surface area (Å²) >= 11 is 0. The molecule has 0 bridgehead atoms. The minimum atomic E-state index is -0.810. The second-order valence-corrected chi connectivity index (χ2v) is 13.6. The smallest absolute Gasteiger partial charge is 0.160 e. The van der Waals surface area contributed by atoms with Gasteiger partial charge in [0.2, 0.25) is 0 Å². The maximum Gasteiger partial charge on any atom is 0.160 e. The lowest BCUT2D eigenvalue weighted by molar-refractivity contribution is -0.169. The van der Waals surface area contributed by atoms with E-state index in [0.29, 0.717) is 24.7 Å². The first kappa shape index (κ1) is 25.5. The third kappa shape index (κ3) is 3.45. The van der Waals surface area contributed by atoms with Gasteiger partial charge in [-0.2, -0.15) is 0 Å². The van der Waals surface area contributed by atoms with Gasteiger partial charge in [0.1, 0.15) is 12.1 Å². The Balaban J connectivity index is 1.72. The Morgan fingerprint density at radius 1 is 1.09 bits per heavy atom. The number of Topliss-reactive ketones (excluding diaryl/α,β-unsaturated/α-hetero) is 1. The maximum atomic E-state index is 13.9. The van der Waals surface area contributed by atoms with Gasteiger partial charge in [-0.25, -0.2) is 0 Å². The fraction of sp³-hybridized carbons (Fsp3) is 0.767. The summed E-state index contributed by atoms with van der Waals surface area (Å²) in [7, 11) is 0. The second kappa shape index (κ2) is 7.98. The van der Waals surface area contributed by atoms with Crippen LogP contribution in [-0.2, 0) is 14.4 Å². The van der Waals surface area contributed by atoms with Crippen LogP contribution in [0.1, 0.15) is 93.4 Å². The number of rotatable bonds is 5. The van der Waals surface area contributed by atoms with Crippen LogP contribution in [0.3, 0.4) is 0 Å². The highest BCUT2D eigenvalue weighted by molar-refractivity contribution is 6.01. The van der Waals surface area contributed by atoms with Crippen LogP contribution in [0.5, 0.6) is 0 Å². The van der Waals surface area contributed by atoms with E-state index in [4.69, 9.17) is 0 Å². The van der Waals surface area contributed by atoms with Crippen LogP contribution in [0, 0.1) is 45.3 Å². The third-order valence-corrected chi connectivity index (χ3v) is 11.0. The second-order valence-electron chi connectivity index (χ2n) is 13.6. The van der Waals surface area contributed by atoms with E-state index in [2.05, 4.69) is 26.8 Å².